The molecule has 0 spiro atoms. The van der Waals surface area contributed by atoms with E-state index in [-0.39, 0.29) is 25.3 Å². The number of hydrogen-bond acceptors (Lipinski definition) is 4. The molecule has 0 radical (unpaired) electrons. The van der Waals surface area contributed by atoms with Crippen LogP contribution in [0, 0.1) is 11.8 Å². The van der Waals surface area contributed by atoms with Crippen molar-refractivity contribution in [3.63, 3.8) is 0 Å². The number of nitrogens with zero attached hydrogens (tertiary/aromatic N) is 1. The molecule has 25 heavy (non-hydrogen) atoms. The van der Waals surface area contributed by atoms with Crippen LogP contribution in [0.5, 0.6) is 0 Å². The lowest BCUT2D eigenvalue weighted by Crippen LogP contribution is -2.48. The average Bonchev–Trinajstić information content (AvgIpc) is 2.60. The number of aliphatic hydroxyl groups excluding tert-OH is 1. The Morgan fingerprint density at radius 3 is 2.92 bits per heavy atom. The molecule has 6 nitrogen and oxygen atoms in total. The van der Waals surface area contributed by atoms with E-state index in [1.807, 2.05) is 12.1 Å². The number of benzene rings is 1. The molecule has 1 aliphatic heterocycles. The Morgan fingerprint density at radius 1 is 1.32 bits per heavy atom. The Labute approximate surface area is 157 Å². The van der Waals surface area contributed by atoms with Crippen molar-refractivity contribution < 1.29 is 14.6 Å². The van der Waals surface area contributed by atoms with Crippen molar-refractivity contribution in [1.82, 2.24) is 15.5 Å². The number of morpholine rings is 1. The van der Waals surface area contributed by atoms with Crippen LogP contribution in [-0.4, -0.2) is 61.5 Å². The van der Waals surface area contributed by atoms with E-state index in [1.165, 1.54) is 0 Å². The van der Waals surface area contributed by atoms with Gasteiger partial charge in [0, 0.05) is 26.2 Å². The number of urea groups is 1. The summed E-state index contributed by atoms with van der Waals surface area (Å²) in [6.07, 6.45) is -0.0780. The lowest BCUT2D eigenvalue weighted by atomic mass is 10.2. The van der Waals surface area contributed by atoms with Gasteiger partial charge in [0.05, 0.1) is 29.3 Å². The molecule has 8 heteroatoms. The van der Waals surface area contributed by atoms with Gasteiger partial charge in [0.25, 0.3) is 0 Å². The molecular formula is C17H21Cl2N3O3. The van der Waals surface area contributed by atoms with E-state index in [4.69, 9.17) is 33.0 Å². The van der Waals surface area contributed by atoms with E-state index >= 15 is 0 Å². The van der Waals surface area contributed by atoms with Crippen molar-refractivity contribution in [3.05, 3.63) is 33.8 Å². The molecule has 1 heterocycles. The number of amides is 2. The zero-order chi connectivity index (χ0) is 18.1. The van der Waals surface area contributed by atoms with Crippen molar-refractivity contribution in [2.24, 2.45) is 0 Å². The first-order chi connectivity index (χ1) is 12.1. The molecule has 1 fully saturated rings. The molecule has 1 saturated heterocycles. The van der Waals surface area contributed by atoms with Gasteiger partial charge in [-0.05, 0) is 17.7 Å². The number of halogens is 2. The van der Waals surface area contributed by atoms with Crippen molar-refractivity contribution in [1.29, 1.82) is 0 Å². The summed E-state index contributed by atoms with van der Waals surface area (Å²) in [5, 5.41) is 15.0. The highest BCUT2D eigenvalue weighted by Crippen LogP contribution is 2.23. The molecule has 0 saturated carbocycles. The second kappa shape index (κ2) is 10.5. The fourth-order valence-electron chi connectivity index (χ4n) is 2.46. The lowest BCUT2D eigenvalue weighted by molar-refractivity contribution is -0.0286. The normalized spacial score (nSPS) is 17.5. The maximum Gasteiger partial charge on any atom is 0.315 e. The number of carbonyl (C=O) groups is 1. The first kappa shape index (κ1) is 19.8. The molecule has 1 aromatic carbocycles. The topological polar surface area (TPSA) is 73.8 Å². The minimum atomic E-state index is -0.308. The van der Waals surface area contributed by atoms with E-state index in [1.54, 1.807) is 6.07 Å². The molecular weight excluding hydrogens is 365 g/mol. The summed E-state index contributed by atoms with van der Waals surface area (Å²) in [5.41, 5.74) is 1.09. The van der Waals surface area contributed by atoms with Crippen molar-refractivity contribution in [3.8, 4) is 11.8 Å². The first-order valence-electron chi connectivity index (χ1n) is 7.94. The van der Waals surface area contributed by atoms with Crippen LogP contribution in [0.1, 0.15) is 5.56 Å². The van der Waals surface area contributed by atoms with Crippen molar-refractivity contribution >= 4 is 29.2 Å². The quantitative estimate of drug-likeness (QED) is 0.671. The average molecular weight is 386 g/mol. The minimum Gasteiger partial charge on any atom is -0.384 e. The molecule has 3 N–H and O–H groups in total. The summed E-state index contributed by atoms with van der Waals surface area (Å²) in [6.45, 7) is 3.29. The maximum absolute atomic E-state index is 11.6. The number of ether oxygens (including phenoxy) is 1. The number of nitrogens with one attached hydrogen (secondary N) is 2. The third-order valence-electron chi connectivity index (χ3n) is 3.64. The van der Waals surface area contributed by atoms with Gasteiger partial charge in [0.2, 0.25) is 0 Å². The van der Waals surface area contributed by atoms with Crippen LogP contribution in [0.3, 0.4) is 0 Å². The van der Waals surface area contributed by atoms with Gasteiger partial charge in [-0.15, -0.1) is 0 Å². The molecule has 2 rings (SSSR count). The molecule has 1 atom stereocenters. The van der Waals surface area contributed by atoms with E-state index in [0.29, 0.717) is 29.7 Å². The second-order valence-electron chi connectivity index (χ2n) is 5.55. The summed E-state index contributed by atoms with van der Waals surface area (Å²) >= 11 is 12.0. The summed E-state index contributed by atoms with van der Waals surface area (Å²) in [5.74, 6) is 5.07. The van der Waals surface area contributed by atoms with E-state index in [9.17, 15) is 4.79 Å². The smallest absolute Gasteiger partial charge is 0.315 e. The summed E-state index contributed by atoms with van der Waals surface area (Å²) in [6, 6.07) is 5.31. The third kappa shape index (κ3) is 7.10. The summed E-state index contributed by atoms with van der Waals surface area (Å²) < 4.78 is 5.69. The van der Waals surface area contributed by atoms with Crippen LogP contribution in [0.4, 0.5) is 4.79 Å². The fourth-order valence-corrected chi connectivity index (χ4v) is 2.78. The predicted molar refractivity (Wildman–Crippen MR) is 97.7 cm³/mol. The van der Waals surface area contributed by atoms with Gasteiger partial charge in [0.1, 0.15) is 6.61 Å². The van der Waals surface area contributed by atoms with Crippen LogP contribution in [0.15, 0.2) is 18.2 Å². The molecule has 1 aromatic rings. The Hall–Kier alpha value is -1.49. The van der Waals surface area contributed by atoms with Crippen LogP contribution in [-0.2, 0) is 11.3 Å². The summed E-state index contributed by atoms with van der Waals surface area (Å²) in [7, 11) is 0. The molecule has 1 aliphatic rings. The van der Waals surface area contributed by atoms with E-state index in [0.717, 1.165) is 18.7 Å². The number of aliphatic hydroxyl groups is 1. The Kier molecular flexibility index (Phi) is 8.32. The van der Waals surface area contributed by atoms with Gasteiger partial charge in [-0.3, -0.25) is 4.90 Å². The minimum absolute atomic E-state index is 0.0780. The van der Waals surface area contributed by atoms with E-state index < -0.39 is 0 Å². The monoisotopic (exact) mass is 385 g/mol. The van der Waals surface area contributed by atoms with Crippen LogP contribution in [0.25, 0.3) is 0 Å². The molecule has 136 valence electrons. The van der Waals surface area contributed by atoms with E-state index in [2.05, 4.69) is 27.4 Å². The number of hydrogen-bond donors (Lipinski definition) is 3. The Bertz CT molecular complexity index is 646. The van der Waals surface area contributed by atoms with Gasteiger partial charge in [-0.25, -0.2) is 4.79 Å². The largest absolute Gasteiger partial charge is 0.384 e. The zero-order valence-corrected chi connectivity index (χ0v) is 15.2. The van der Waals surface area contributed by atoms with Gasteiger partial charge in [0.15, 0.2) is 0 Å². The van der Waals surface area contributed by atoms with Gasteiger partial charge < -0.3 is 20.5 Å². The standard InChI is InChI=1S/C17H21Cl2N3O3/c18-15-4-3-13(9-16(15)19)11-22-6-8-25-14(12-22)10-21-17(24)20-5-1-2-7-23/h3-4,9,14,23H,5-8,10-12H2,(H2,20,21,24). The van der Waals surface area contributed by atoms with Crippen LogP contribution >= 0.6 is 23.2 Å². The maximum atomic E-state index is 11.6. The SMILES string of the molecule is O=C(NCC#CCO)NCC1CN(Cc2ccc(Cl)c(Cl)c2)CCO1. The van der Waals surface area contributed by atoms with Gasteiger partial charge in [-0.1, -0.05) is 41.1 Å². The highest BCUT2D eigenvalue weighted by atomic mass is 35.5. The van der Waals surface area contributed by atoms with Crippen molar-refractivity contribution in [2.75, 3.05) is 39.4 Å². The predicted octanol–water partition coefficient (Wildman–Crippen LogP) is 1.49. The lowest BCUT2D eigenvalue weighted by Gasteiger charge is -2.33. The summed E-state index contributed by atoms with van der Waals surface area (Å²) in [4.78, 5) is 13.9. The molecule has 0 aromatic heterocycles. The highest BCUT2D eigenvalue weighted by molar-refractivity contribution is 6.42. The van der Waals surface area contributed by atoms with Crippen molar-refractivity contribution in [2.45, 2.75) is 12.6 Å². The van der Waals surface area contributed by atoms with Crippen LogP contribution < -0.4 is 10.6 Å². The number of carbonyl (C=O) groups excluding carboxylic acids is 1. The second-order valence-corrected chi connectivity index (χ2v) is 6.37. The Morgan fingerprint density at radius 2 is 2.16 bits per heavy atom. The molecule has 2 amide bonds. The highest BCUT2D eigenvalue weighted by Gasteiger charge is 2.21. The molecule has 0 bridgehead atoms. The van der Waals surface area contributed by atoms with Gasteiger partial charge >= 0.3 is 6.03 Å². The fraction of sp³-hybridized carbons (Fsp3) is 0.471. The zero-order valence-electron chi connectivity index (χ0n) is 13.7. The molecule has 0 aliphatic carbocycles. The van der Waals surface area contributed by atoms with Crippen LogP contribution in [0.2, 0.25) is 10.0 Å². The third-order valence-corrected chi connectivity index (χ3v) is 4.38. The first-order valence-corrected chi connectivity index (χ1v) is 8.70. The Balaban J connectivity index is 1.74. The van der Waals surface area contributed by atoms with Gasteiger partial charge in [-0.2, -0.15) is 0 Å². The molecule has 1 unspecified atom stereocenters. The number of rotatable bonds is 5.